The molecule has 24 heavy (non-hydrogen) atoms. The first-order valence-electron chi connectivity index (χ1n) is 8.01. The van der Waals surface area contributed by atoms with Crippen LogP contribution in [0.25, 0.3) is 0 Å². The number of imidazole rings is 1. The van der Waals surface area contributed by atoms with Gasteiger partial charge in [-0.3, -0.25) is 9.59 Å². The molecule has 0 aliphatic heterocycles. The van der Waals surface area contributed by atoms with E-state index >= 15 is 0 Å². The van der Waals surface area contributed by atoms with Gasteiger partial charge in [0.2, 0.25) is 5.91 Å². The first-order chi connectivity index (χ1) is 11.5. The lowest BCUT2D eigenvalue weighted by Gasteiger charge is -2.14. The number of Topliss-reactive ketones (excluding diaryl/α,β-unsaturated/α-hetero) is 1. The summed E-state index contributed by atoms with van der Waals surface area (Å²) in [5.74, 6) is 1.22. The van der Waals surface area contributed by atoms with E-state index in [4.69, 9.17) is 4.74 Å². The second kappa shape index (κ2) is 8.29. The lowest BCUT2D eigenvalue weighted by molar-refractivity contribution is -0.121. The van der Waals surface area contributed by atoms with Crippen molar-refractivity contribution in [2.45, 2.75) is 39.2 Å². The Balaban J connectivity index is 1.86. The first-order valence-corrected chi connectivity index (χ1v) is 8.01. The summed E-state index contributed by atoms with van der Waals surface area (Å²) in [7, 11) is 1.58. The average molecular weight is 329 g/mol. The van der Waals surface area contributed by atoms with E-state index in [-0.39, 0.29) is 30.6 Å². The van der Waals surface area contributed by atoms with Gasteiger partial charge in [-0.15, -0.1) is 0 Å². The van der Waals surface area contributed by atoms with Gasteiger partial charge in [-0.2, -0.15) is 0 Å². The molecule has 0 spiro atoms. The highest BCUT2D eigenvalue weighted by Gasteiger charge is 2.16. The molecule has 1 amide bonds. The molecule has 1 aromatic heterocycles. The number of benzene rings is 1. The number of ether oxygens (including phenoxy) is 1. The Morgan fingerprint density at radius 2 is 1.96 bits per heavy atom. The minimum atomic E-state index is -0.165. The lowest BCUT2D eigenvalue weighted by atomic mass is 10.1. The molecule has 0 saturated heterocycles. The van der Waals surface area contributed by atoms with Crippen LogP contribution in [0, 0.1) is 6.92 Å². The average Bonchev–Trinajstić information content (AvgIpc) is 3.03. The zero-order valence-corrected chi connectivity index (χ0v) is 14.3. The molecule has 6 heteroatoms. The Labute approximate surface area is 141 Å². The summed E-state index contributed by atoms with van der Waals surface area (Å²) in [5.41, 5.74) is 1.53. The van der Waals surface area contributed by atoms with Crippen LogP contribution in [0.3, 0.4) is 0 Å². The first kappa shape index (κ1) is 17.7. The number of carbonyl (C=O) groups excluding carboxylic acids is 2. The number of aromatic amines is 1. The highest BCUT2D eigenvalue weighted by atomic mass is 16.5. The van der Waals surface area contributed by atoms with E-state index < -0.39 is 0 Å². The molecule has 0 radical (unpaired) electrons. The van der Waals surface area contributed by atoms with E-state index in [1.54, 1.807) is 37.6 Å². The minimum Gasteiger partial charge on any atom is -0.497 e. The summed E-state index contributed by atoms with van der Waals surface area (Å²) < 4.78 is 5.06. The maximum absolute atomic E-state index is 12.1. The molecule has 0 bridgehead atoms. The van der Waals surface area contributed by atoms with Gasteiger partial charge in [-0.1, -0.05) is 6.92 Å². The molecule has 6 nitrogen and oxygen atoms in total. The number of ketones is 1. The number of hydrogen-bond acceptors (Lipinski definition) is 4. The summed E-state index contributed by atoms with van der Waals surface area (Å²) in [5, 5.41) is 2.92. The SMILES string of the molecule is CC[C@H](NC(=O)CCC(=O)c1ccc(OC)cc1)c1ncc(C)[nH]1. The molecule has 0 fully saturated rings. The van der Waals surface area contributed by atoms with Crippen LogP contribution in [-0.2, 0) is 4.79 Å². The fourth-order valence-electron chi connectivity index (χ4n) is 2.39. The second-order valence-corrected chi connectivity index (χ2v) is 5.63. The van der Waals surface area contributed by atoms with Crippen LogP contribution in [0.5, 0.6) is 5.75 Å². The summed E-state index contributed by atoms with van der Waals surface area (Å²) in [6.07, 6.45) is 2.79. The largest absolute Gasteiger partial charge is 0.497 e. The minimum absolute atomic E-state index is 0.0605. The summed E-state index contributed by atoms with van der Waals surface area (Å²) in [6, 6.07) is 6.72. The normalized spacial score (nSPS) is 11.8. The van der Waals surface area contributed by atoms with Crippen molar-refractivity contribution in [2.75, 3.05) is 7.11 Å². The fraction of sp³-hybridized carbons (Fsp3) is 0.389. The van der Waals surface area contributed by atoms with Crippen LogP contribution in [0.1, 0.15) is 54.1 Å². The number of nitrogens with one attached hydrogen (secondary N) is 2. The van der Waals surface area contributed by atoms with E-state index in [1.807, 2.05) is 13.8 Å². The van der Waals surface area contributed by atoms with Gasteiger partial charge in [0, 0.05) is 30.3 Å². The number of aromatic nitrogens is 2. The second-order valence-electron chi connectivity index (χ2n) is 5.63. The molecule has 0 unspecified atom stereocenters. The topological polar surface area (TPSA) is 84.1 Å². The summed E-state index contributed by atoms with van der Waals surface area (Å²) in [4.78, 5) is 31.6. The molecule has 1 aromatic carbocycles. The molecule has 0 aliphatic rings. The van der Waals surface area contributed by atoms with Crippen LogP contribution >= 0.6 is 0 Å². The van der Waals surface area contributed by atoms with E-state index in [0.717, 1.165) is 17.9 Å². The lowest BCUT2D eigenvalue weighted by Crippen LogP contribution is -2.29. The van der Waals surface area contributed by atoms with E-state index in [2.05, 4.69) is 15.3 Å². The van der Waals surface area contributed by atoms with Crippen LogP contribution < -0.4 is 10.1 Å². The number of aryl methyl sites for hydroxylation is 1. The van der Waals surface area contributed by atoms with Crippen molar-refractivity contribution >= 4 is 11.7 Å². The van der Waals surface area contributed by atoms with Crippen LogP contribution in [0.4, 0.5) is 0 Å². The summed E-state index contributed by atoms with van der Waals surface area (Å²) in [6.45, 7) is 3.89. The van der Waals surface area contributed by atoms with Gasteiger partial charge in [0.25, 0.3) is 0 Å². The van der Waals surface area contributed by atoms with Crippen molar-refractivity contribution in [2.24, 2.45) is 0 Å². The monoisotopic (exact) mass is 329 g/mol. The maximum Gasteiger partial charge on any atom is 0.221 e. The molecule has 0 saturated carbocycles. The Hall–Kier alpha value is -2.63. The predicted octanol–water partition coefficient (Wildman–Crippen LogP) is 2.96. The molecule has 1 atom stereocenters. The number of methoxy groups -OCH3 is 1. The molecule has 1 heterocycles. The third-order valence-corrected chi connectivity index (χ3v) is 3.79. The third-order valence-electron chi connectivity index (χ3n) is 3.79. The number of hydrogen-bond donors (Lipinski definition) is 2. The van der Waals surface area contributed by atoms with Gasteiger partial charge >= 0.3 is 0 Å². The van der Waals surface area contributed by atoms with Crippen molar-refractivity contribution < 1.29 is 14.3 Å². The Morgan fingerprint density at radius 3 is 2.50 bits per heavy atom. The number of rotatable bonds is 8. The quantitative estimate of drug-likeness (QED) is 0.729. The van der Waals surface area contributed by atoms with Crippen molar-refractivity contribution in [3.05, 3.63) is 47.5 Å². The number of nitrogens with zero attached hydrogens (tertiary/aromatic N) is 1. The van der Waals surface area contributed by atoms with Crippen molar-refractivity contribution in [1.82, 2.24) is 15.3 Å². The maximum atomic E-state index is 12.1. The number of carbonyl (C=O) groups is 2. The van der Waals surface area contributed by atoms with Gasteiger partial charge < -0.3 is 15.0 Å². The Morgan fingerprint density at radius 1 is 1.25 bits per heavy atom. The predicted molar refractivity (Wildman–Crippen MR) is 91.1 cm³/mol. The highest BCUT2D eigenvalue weighted by Crippen LogP contribution is 2.15. The smallest absolute Gasteiger partial charge is 0.221 e. The Kier molecular flexibility index (Phi) is 6.12. The van der Waals surface area contributed by atoms with Gasteiger partial charge in [0.05, 0.1) is 13.2 Å². The van der Waals surface area contributed by atoms with E-state index in [9.17, 15) is 9.59 Å². The third kappa shape index (κ3) is 4.68. The van der Waals surface area contributed by atoms with Crippen LogP contribution in [0.2, 0.25) is 0 Å². The van der Waals surface area contributed by atoms with Crippen LogP contribution in [-0.4, -0.2) is 28.8 Å². The Bertz CT molecular complexity index is 692. The van der Waals surface area contributed by atoms with E-state index in [0.29, 0.717) is 11.3 Å². The van der Waals surface area contributed by atoms with Gasteiger partial charge in [-0.05, 0) is 37.6 Å². The van der Waals surface area contributed by atoms with Crippen molar-refractivity contribution in [3.8, 4) is 5.75 Å². The van der Waals surface area contributed by atoms with Crippen molar-refractivity contribution in [3.63, 3.8) is 0 Å². The molecule has 2 aromatic rings. The number of H-pyrrole nitrogens is 1. The van der Waals surface area contributed by atoms with E-state index in [1.165, 1.54) is 0 Å². The van der Waals surface area contributed by atoms with Gasteiger partial charge in [0.15, 0.2) is 5.78 Å². The molecule has 0 aliphatic carbocycles. The van der Waals surface area contributed by atoms with Gasteiger partial charge in [0.1, 0.15) is 11.6 Å². The highest BCUT2D eigenvalue weighted by molar-refractivity contribution is 5.98. The zero-order valence-electron chi connectivity index (χ0n) is 14.3. The fourth-order valence-corrected chi connectivity index (χ4v) is 2.39. The van der Waals surface area contributed by atoms with Crippen LogP contribution in [0.15, 0.2) is 30.5 Å². The molecular formula is C18H23N3O3. The molecular weight excluding hydrogens is 306 g/mol. The molecule has 2 rings (SSSR count). The van der Waals surface area contributed by atoms with Gasteiger partial charge in [-0.25, -0.2) is 4.98 Å². The zero-order chi connectivity index (χ0) is 17.5. The molecule has 128 valence electrons. The molecule has 2 N–H and O–H groups in total. The number of amides is 1. The summed E-state index contributed by atoms with van der Waals surface area (Å²) >= 11 is 0. The standard InChI is InChI=1S/C18H23N3O3/c1-4-15(18-19-11-12(2)20-18)21-17(23)10-9-16(22)13-5-7-14(24-3)8-6-13/h5-8,11,15H,4,9-10H2,1-3H3,(H,19,20)(H,21,23)/t15-/m0/s1. The van der Waals surface area contributed by atoms with Crippen molar-refractivity contribution in [1.29, 1.82) is 0 Å².